The van der Waals surface area contributed by atoms with Crippen LogP contribution in [0.4, 0.5) is 5.69 Å². The smallest absolute Gasteiger partial charge is 0.255 e. The highest BCUT2D eigenvalue weighted by molar-refractivity contribution is 5.98. The molecule has 0 atom stereocenters. The molecule has 1 rings (SSSR count). The lowest BCUT2D eigenvalue weighted by Gasteiger charge is -2.29. The normalized spacial score (nSPS) is 11.5. The first kappa shape index (κ1) is 16.3. The molecule has 0 spiro atoms. The van der Waals surface area contributed by atoms with Crippen LogP contribution < -0.4 is 15.8 Å². The third-order valence-electron chi connectivity index (χ3n) is 3.85. The number of rotatable bonds is 6. The van der Waals surface area contributed by atoms with E-state index < -0.39 is 0 Å². The second-order valence-corrected chi connectivity index (χ2v) is 5.98. The fourth-order valence-corrected chi connectivity index (χ4v) is 1.65. The van der Waals surface area contributed by atoms with Crippen LogP contribution in [-0.4, -0.2) is 19.1 Å². The number of amides is 1. The van der Waals surface area contributed by atoms with E-state index in [2.05, 4.69) is 33.0 Å². The van der Waals surface area contributed by atoms with Crippen LogP contribution in [0.15, 0.2) is 18.2 Å². The lowest BCUT2D eigenvalue weighted by Crippen LogP contribution is -2.37. The summed E-state index contributed by atoms with van der Waals surface area (Å²) < 4.78 is 5.48. The Labute approximate surface area is 121 Å². The number of carbonyl (C=O) groups is 1. The number of nitrogens with two attached hydrogens (primary N) is 1. The van der Waals surface area contributed by atoms with Gasteiger partial charge >= 0.3 is 0 Å². The summed E-state index contributed by atoms with van der Waals surface area (Å²) in [5.41, 5.74) is 6.89. The molecule has 0 radical (unpaired) electrons. The van der Waals surface area contributed by atoms with Gasteiger partial charge in [-0.05, 0) is 30.4 Å². The largest absolute Gasteiger partial charge is 0.491 e. The van der Waals surface area contributed by atoms with E-state index in [4.69, 9.17) is 10.5 Å². The summed E-state index contributed by atoms with van der Waals surface area (Å²) in [6.07, 6.45) is 0. The summed E-state index contributed by atoms with van der Waals surface area (Å²) >= 11 is 0. The van der Waals surface area contributed by atoms with Crippen molar-refractivity contribution in [2.75, 3.05) is 18.9 Å². The predicted octanol–water partition coefficient (Wildman–Crippen LogP) is 3.08. The number of anilines is 1. The number of benzene rings is 1. The average Bonchev–Trinajstić information content (AvgIpc) is 2.38. The Morgan fingerprint density at radius 1 is 1.40 bits per heavy atom. The highest BCUT2D eigenvalue weighted by Gasteiger charge is 2.24. The third kappa shape index (κ3) is 3.89. The van der Waals surface area contributed by atoms with E-state index in [-0.39, 0.29) is 11.3 Å². The Kier molecular flexibility index (Phi) is 5.43. The minimum atomic E-state index is -0.144. The summed E-state index contributed by atoms with van der Waals surface area (Å²) in [4.78, 5) is 12.3. The quantitative estimate of drug-likeness (QED) is 0.786. The van der Waals surface area contributed by atoms with Crippen molar-refractivity contribution in [2.24, 2.45) is 11.3 Å². The van der Waals surface area contributed by atoms with Gasteiger partial charge in [0.15, 0.2) is 5.75 Å². The fraction of sp³-hybridized carbons (Fsp3) is 0.562. The van der Waals surface area contributed by atoms with Gasteiger partial charge in [0.2, 0.25) is 0 Å². The minimum absolute atomic E-state index is 0.0434. The number of carbonyl (C=O) groups excluding carboxylic acids is 1. The van der Waals surface area contributed by atoms with E-state index >= 15 is 0 Å². The van der Waals surface area contributed by atoms with Crippen LogP contribution in [0.1, 0.15) is 45.0 Å². The zero-order valence-corrected chi connectivity index (χ0v) is 13.1. The molecule has 1 aromatic carbocycles. The molecule has 0 saturated heterocycles. The standard InChI is InChI=1S/C16H26N2O2/c1-6-20-14-12(8-7-9-13(14)17)15(19)18-10-16(4,5)11(2)3/h7-9,11H,6,10,17H2,1-5H3,(H,18,19). The van der Waals surface area contributed by atoms with Crippen LogP contribution in [0.3, 0.4) is 0 Å². The molecule has 0 saturated carbocycles. The molecular weight excluding hydrogens is 252 g/mol. The van der Waals surface area contributed by atoms with Crippen molar-refractivity contribution < 1.29 is 9.53 Å². The number of nitrogens with one attached hydrogen (secondary N) is 1. The van der Waals surface area contributed by atoms with Gasteiger partial charge in [0, 0.05) is 6.54 Å². The minimum Gasteiger partial charge on any atom is -0.491 e. The monoisotopic (exact) mass is 278 g/mol. The van der Waals surface area contributed by atoms with Crippen molar-refractivity contribution in [3.8, 4) is 5.75 Å². The molecule has 4 heteroatoms. The van der Waals surface area contributed by atoms with Gasteiger partial charge in [0.05, 0.1) is 17.9 Å². The molecule has 0 bridgehead atoms. The van der Waals surface area contributed by atoms with E-state index in [1.807, 2.05) is 6.92 Å². The SMILES string of the molecule is CCOc1c(N)cccc1C(=O)NCC(C)(C)C(C)C. The third-order valence-corrected chi connectivity index (χ3v) is 3.85. The summed E-state index contributed by atoms with van der Waals surface area (Å²) in [5, 5.41) is 2.97. The van der Waals surface area contributed by atoms with E-state index in [1.165, 1.54) is 0 Å². The molecule has 0 aliphatic rings. The Hall–Kier alpha value is -1.71. The molecule has 112 valence electrons. The highest BCUT2D eigenvalue weighted by atomic mass is 16.5. The molecule has 0 heterocycles. The Morgan fingerprint density at radius 3 is 2.60 bits per heavy atom. The molecule has 1 amide bonds. The van der Waals surface area contributed by atoms with Crippen LogP contribution in [0.25, 0.3) is 0 Å². The van der Waals surface area contributed by atoms with E-state index in [9.17, 15) is 4.79 Å². The second kappa shape index (κ2) is 6.64. The van der Waals surface area contributed by atoms with E-state index in [1.54, 1.807) is 18.2 Å². The molecule has 0 fully saturated rings. The molecule has 0 unspecified atom stereocenters. The topological polar surface area (TPSA) is 64.3 Å². The van der Waals surface area contributed by atoms with Crippen LogP contribution in [0.5, 0.6) is 5.75 Å². The fourth-order valence-electron chi connectivity index (χ4n) is 1.65. The predicted molar refractivity (Wildman–Crippen MR) is 83.0 cm³/mol. The first-order valence-corrected chi connectivity index (χ1v) is 7.09. The van der Waals surface area contributed by atoms with Crippen molar-refractivity contribution in [3.05, 3.63) is 23.8 Å². The summed E-state index contributed by atoms with van der Waals surface area (Å²) in [7, 11) is 0. The van der Waals surface area contributed by atoms with Gasteiger partial charge in [0.1, 0.15) is 0 Å². The number of hydrogen-bond acceptors (Lipinski definition) is 3. The zero-order chi connectivity index (χ0) is 15.3. The number of para-hydroxylation sites is 1. The molecule has 20 heavy (non-hydrogen) atoms. The maximum atomic E-state index is 12.3. The van der Waals surface area contributed by atoms with Gasteiger partial charge in [-0.3, -0.25) is 4.79 Å². The molecule has 0 aliphatic heterocycles. The lowest BCUT2D eigenvalue weighted by molar-refractivity contribution is 0.0921. The van der Waals surface area contributed by atoms with Gasteiger partial charge in [-0.25, -0.2) is 0 Å². The number of nitrogen functional groups attached to an aromatic ring is 1. The van der Waals surface area contributed by atoms with Crippen molar-refractivity contribution in [3.63, 3.8) is 0 Å². The zero-order valence-electron chi connectivity index (χ0n) is 13.1. The maximum absolute atomic E-state index is 12.3. The van der Waals surface area contributed by atoms with Gasteiger partial charge < -0.3 is 15.8 Å². The first-order valence-electron chi connectivity index (χ1n) is 7.09. The molecule has 0 aliphatic carbocycles. The number of ether oxygens (including phenoxy) is 1. The summed E-state index contributed by atoms with van der Waals surface area (Å²) in [6.45, 7) is 11.5. The Bertz CT molecular complexity index is 468. The molecule has 4 nitrogen and oxygen atoms in total. The lowest BCUT2D eigenvalue weighted by atomic mass is 9.81. The van der Waals surface area contributed by atoms with Crippen LogP contribution >= 0.6 is 0 Å². The van der Waals surface area contributed by atoms with E-state index in [0.717, 1.165) is 0 Å². The highest BCUT2D eigenvalue weighted by Crippen LogP contribution is 2.28. The van der Waals surface area contributed by atoms with Crippen molar-refractivity contribution in [1.29, 1.82) is 0 Å². The average molecular weight is 278 g/mol. The Morgan fingerprint density at radius 2 is 2.05 bits per heavy atom. The first-order chi connectivity index (χ1) is 9.29. The van der Waals surface area contributed by atoms with Crippen molar-refractivity contribution >= 4 is 11.6 Å². The van der Waals surface area contributed by atoms with Gasteiger partial charge in [-0.15, -0.1) is 0 Å². The van der Waals surface area contributed by atoms with Gasteiger partial charge in [-0.2, -0.15) is 0 Å². The van der Waals surface area contributed by atoms with Crippen molar-refractivity contribution in [1.82, 2.24) is 5.32 Å². The molecule has 1 aromatic rings. The van der Waals surface area contributed by atoms with Crippen LogP contribution in [0, 0.1) is 11.3 Å². The number of hydrogen-bond donors (Lipinski definition) is 2. The summed E-state index contributed by atoms with van der Waals surface area (Å²) in [5.74, 6) is 0.805. The van der Waals surface area contributed by atoms with Crippen LogP contribution in [-0.2, 0) is 0 Å². The summed E-state index contributed by atoms with van der Waals surface area (Å²) in [6, 6.07) is 5.24. The maximum Gasteiger partial charge on any atom is 0.255 e. The molecule has 3 N–H and O–H groups in total. The molecule has 0 aromatic heterocycles. The van der Waals surface area contributed by atoms with Gasteiger partial charge in [0.25, 0.3) is 5.91 Å². The molecular formula is C16H26N2O2. The van der Waals surface area contributed by atoms with Gasteiger partial charge in [-0.1, -0.05) is 33.8 Å². The van der Waals surface area contributed by atoms with E-state index in [0.29, 0.717) is 36.1 Å². The van der Waals surface area contributed by atoms with Crippen LogP contribution in [0.2, 0.25) is 0 Å². The second-order valence-electron chi connectivity index (χ2n) is 5.98. The van der Waals surface area contributed by atoms with Crippen molar-refractivity contribution in [2.45, 2.75) is 34.6 Å². The Balaban J connectivity index is 2.85.